The molecule has 0 unspecified atom stereocenters. The first-order valence-electron chi connectivity index (χ1n) is 11.4. The Labute approximate surface area is 219 Å². The van der Waals surface area contributed by atoms with Crippen LogP contribution in [0.1, 0.15) is 24.3 Å². The van der Waals surface area contributed by atoms with E-state index in [9.17, 15) is 19.7 Å². The highest BCUT2D eigenvalue weighted by atomic mass is 32.1. The van der Waals surface area contributed by atoms with E-state index < -0.39 is 16.9 Å². The van der Waals surface area contributed by atoms with E-state index in [0.29, 0.717) is 26.5 Å². The lowest BCUT2D eigenvalue weighted by Crippen LogP contribution is -2.39. The van der Waals surface area contributed by atoms with Gasteiger partial charge in [0.25, 0.3) is 11.2 Å². The van der Waals surface area contributed by atoms with Gasteiger partial charge in [-0.2, -0.15) is 0 Å². The number of thiazole rings is 1. The minimum Gasteiger partial charge on any atom is -0.497 e. The molecule has 192 valence electrons. The van der Waals surface area contributed by atoms with E-state index in [2.05, 4.69) is 4.99 Å². The van der Waals surface area contributed by atoms with Crippen LogP contribution in [-0.4, -0.2) is 29.7 Å². The van der Waals surface area contributed by atoms with Crippen molar-refractivity contribution in [2.45, 2.75) is 13.0 Å². The molecule has 1 atom stereocenters. The maximum absolute atomic E-state index is 13.6. The fraction of sp³-hybridized carbons (Fsp3) is 0.148. The number of fused-ring (bicyclic) bond motifs is 1. The zero-order valence-corrected chi connectivity index (χ0v) is 21.4. The monoisotopic (exact) mass is 531 g/mol. The standard InChI is InChI=1S/C27H21N3O7S/c1-15-23(26(32)36-3)24(16-7-5-4-6-8-16)29-25(31)22(38-27(29)28-15)14-18-10-12-21(37-18)19-11-9-17(35-2)13-20(19)30(33)34/h4-14,24H,1-3H3/b22-14-/t24-/m1/s1. The van der Waals surface area contributed by atoms with Gasteiger partial charge in [-0.15, -0.1) is 0 Å². The van der Waals surface area contributed by atoms with E-state index in [1.807, 2.05) is 30.3 Å². The fourth-order valence-corrected chi connectivity index (χ4v) is 5.37. The third-order valence-electron chi connectivity index (χ3n) is 6.11. The van der Waals surface area contributed by atoms with Gasteiger partial charge >= 0.3 is 5.97 Å². The molecule has 0 bridgehead atoms. The molecule has 0 radical (unpaired) electrons. The number of nitro benzene ring substituents is 1. The molecule has 0 fully saturated rings. The summed E-state index contributed by atoms with van der Waals surface area (Å²) in [5, 5.41) is 11.6. The molecule has 0 spiro atoms. The molecule has 11 heteroatoms. The summed E-state index contributed by atoms with van der Waals surface area (Å²) in [4.78, 5) is 42.4. The van der Waals surface area contributed by atoms with Crippen molar-refractivity contribution in [3.8, 4) is 17.1 Å². The van der Waals surface area contributed by atoms with Gasteiger partial charge < -0.3 is 13.9 Å². The second-order valence-electron chi connectivity index (χ2n) is 8.33. The SMILES string of the molecule is COC(=O)C1=C(C)N=c2s/c(=C\c3ccc(-c4ccc(OC)cc4[N+](=O)[O-])o3)c(=O)n2[C@@H]1c1ccccc1. The lowest BCUT2D eigenvalue weighted by Gasteiger charge is -2.24. The first kappa shape index (κ1) is 24.9. The molecule has 2 aromatic carbocycles. The van der Waals surface area contributed by atoms with E-state index in [1.165, 1.54) is 24.9 Å². The maximum atomic E-state index is 13.6. The molecule has 1 aliphatic rings. The van der Waals surface area contributed by atoms with Crippen LogP contribution in [0.2, 0.25) is 0 Å². The highest BCUT2D eigenvalue weighted by molar-refractivity contribution is 7.07. The third-order valence-corrected chi connectivity index (χ3v) is 7.09. The van der Waals surface area contributed by atoms with Crippen LogP contribution in [0.5, 0.6) is 5.75 Å². The zero-order valence-electron chi connectivity index (χ0n) is 20.5. The molecule has 0 saturated heterocycles. The van der Waals surface area contributed by atoms with Crippen molar-refractivity contribution in [1.29, 1.82) is 0 Å². The smallest absolute Gasteiger partial charge is 0.338 e. The number of hydrogen-bond donors (Lipinski definition) is 0. The molecule has 1 aliphatic heterocycles. The molecule has 10 nitrogen and oxygen atoms in total. The number of esters is 1. The van der Waals surface area contributed by atoms with Crippen LogP contribution in [0.25, 0.3) is 17.4 Å². The van der Waals surface area contributed by atoms with Crippen LogP contribution in [0.4, 0.5) is 5.69 Å². The molecule has 38 heavy (non-hydrogen) atoms. The van der Waals surface area contributed by atoms with Gasteiger partial charge in [0.05, 0.1) is 52.6 Å². The van der Waals surface area contributed by atoms with Gasteiger partial charge in [0, 0.05) is 6.08 Å². The van der Waals surface area contributed by atoms with Crippen LogP contribution < -0.4 is 19.6 Å². The van der Waals surface area contributed by atoms with E-state index in [-0.39, 0.29) is 28.1 Å². The predicted molar refractivity (Wildman–Crippen MR) is 140 cm³/mol. The number of nitrogens with zero attached hydrogens (tertiary/aromatic N) is 3. The van der Waals surface area contributed by atoms with Crippen molar-refractivity contribution in [2.75, 3.05) is 14.2 Å². The molecule has 3 heterocycles. The molecular weight excluding hydrogens is 510 g/mol. The van der Waals surface area contributed by atoms with Gasteiger partial charge in [0.15, 0.2) is 4.80 Å². The molecule has 5 rings (SSSR count). The number of methoxy groups -OCH3 is 2. The first-order chi connectivity index (χ1) is 18.3. The number of nitro groups is 1. The number of benzene rings is 2. The topological polar surface area (TPSA) is 126 Å². The Balaban J connectivity index is 1.62. The highest BCUT2D eigenvalue weighted by Crippen LogP contribution is 2.34. The first-order valence-corrected chi connectivity index (χ1v) is 12.2. The second-order valence-corrected chi connectivity index (χ2v) is 9.34. The summed E-state index contributed by atoms with van der Waals surface area (Å²) in [6.45, 7) is 1.71. The van der Waals surface area contributed by atoms with E-state index in [0.717, 1.165) is 16.9 Å². The number of hydrogen-bond acceptors (Lipinski definition) is 9. The van der Waals surface area contributed by atoms with E-state index in [4.69, 9.17) is 13.9 Å². The molecule has 2 aromatic heterocycles. The second kappa shape index (κ2) is 9.94. The van der Waals surface area contributed by atoms with Gasteiger partial charge in [-0.3, -0.25) is 19.5 Å². The number of ether oxygens (including phenoxy) is 2. The Hall–Kier alpha value is -4.77. The summed E-state index contributed by atoms with van der Waals surface area (Å²) in [5.41, 5.74) is 1.24. The van der Waals surface area contributed by atoms with Crippen molar-refractivity contribution in [2.24, 2.45) is 4.99 Å². The van der Waals surface area contributed by atoms with Crippen LogP contribution in [0, 0.1) is 10.1 Å². The molecule has 4 aromatic rings. The van der Waals surface area contributed by atoms with Gasteiger partial charge in [-0.05, 0) is 36.8 Å². The van der Waals surface area contributed by atoms with E-state index in [1.54, 1.807) is 37.3 Å². The number of rotatable bonds is 6. The van der Waals surface area contributed by atoms with E-state index >= 15 is 0 Å². The van der Waals surface area contributed by atoms with Crippen LogP contribution in [0.3, 0.4) is 0 Å². The lowest BCUT2D eigenvalue weighted by molar-refractivity contribution is -0.384. The van der Waals surface area contributed by atoms with Gasteiger partial charge in [0.1, 0.15) is 17.3 Å². The molecule has 0 aliphatic carbocycles. The van der Waals surface area contributed by atoms with Crippen molar-refractivity contribution in [1.82, 2.24) is 4.57 Å². The number of aromatic nitrogens is 1. The minimum absolute atomic E-state index is 0.168. The van der Waals surface area contributed by atoms with Gasteiger partial charge in [-0.1, -0.05) is 41.7 Å². The summed E-state index contributed by atoms with van der Waals surface area (Å²) in [6.07, 6.45) is 1.56. The maximum Gasteiger partial charge on any atom is 0.338 e. The summed E-state index contributed by atoms with van der Waals surface area (Å²) < 4.78 is 17.8. The van der Waals surface area contributed by atoms with Crippen molar-refractivity contribution in [3.63, 3.8) is 0 Å². The molecule has 0 saturated carbocycles. The average Bonchev–Trinajstić information content (AvgIpc) is 3.51. The Morgan fingerprint density at radius 3 is 2.61 bits per heavy atom. The Morgan fingerprint density at radius 2 is 1.92 bits per heavy atom. The largest absolute Gasteiger partial charge is 0.497 e. The van der Waals surface area contributed by atoms with Crippen LogP contribution >= 0.6 is 11.3 Å². The van der Waals surface area contributed by atoms with Crippen LogP contribution in [-0.2, 0) is 9.53 Å². The van der Waals surface area contributed by atoms with Crippen molar-refractivity contribution in [3.05, 3.63) is 113 Å². The van der Waals surface area contributed by atoms with Gasteiger partial charge in [-0.25, -0.2) is 9.79 Å². The molecule has 0 N–H and O–H groups in total. The summed E-state index contributed by atoms with van der Waals surface area (Å²) in [5.74, 6) is 0.383. The van der Waals surface area contributed by atoms with Crippen molar-refractivity contribution < 1.29 is 23.6 Å². The number of furan rings is 1. The normalized spacial score (nSPS) is 15.1. The summed E-state index contributed by atoms with van der Waals surface area (Å²) in [7, 11) is 2.72. The third kappa shape index (κ3) is 4.33. The zero-order chi connectivity index (χ0) is 27.0. The average molecular weight is 532 g/mol. The lowest BCUT2D eigenvalue weighted by atomic mass is 9.96. The molecular formula is C27H21N3O7S. The van der Waals surface area contributed by atoms with Gasteiger partial charge in [0.2, 0.25) is 0 Å². The number of allylic oxidation sites excluding steroid dienone is 1. The summed E-state index contributed by atoms with van der Waals surface area (Å²) in [6, 6.07) is 16.2. The number of carbonyl (C=O) groups excluding carboxylic acids is 1. The Bertz CT molecular complexity index is 1780. The summed E-state index contributed by atoms with van der Waals surface area (Å²) >= 11 is 1.16. The Morgan fingerprint density at radius 1 is 1.16 bits per heavy atom. The van der Waals surface area contributed by atoms with Crippen LogP contribution in [0.15, 0.2) is 86.1 Å². The molecule has 0 amide bonds. The Kier molecular flexibility index (Phi) is 6.52. The minimum atomic E-state index is -0.712. The quantitative estimate of drug-likeness (QED) is 0.211. The van der Waals surface area contributed by atoms with Crippen molar-refractivity contribution >= 4 is 29.1 Å². The number of carbonyl (C=O) groups is 1. The highest BCUT2D eigenvalue weighted by Gasteiger charge is 2.33. The fourth-order valence-electron chi connectivity index (χ4n) is 4.35. The predicted octanol–water partition coefficient (Wildman–Crippen LogP) is 3.59.